The molecule has 0 bridgehead atoms. The fourth-order valence-corrected chi connectivity index (χ4v) is 2.52. The second-order valence-electron chi connectivity index (χ2n) is 5.92. The number of nitro benzene ring substituents is 1. The molecule has 132 valence electrons. The normalized spacial score (nSPS) is 11.1. The summed E-state index contributed by atoms with van der Waals surface area (Å²) in [6.07, 6.45) is 7.06. The van der Waals surface area contributed by atoms with E-state index in [9.17, 15) is 14.9 Å². The Bertz CT molecular complexity index is 1000. The van der Waals surface area contributed by atoms with Gasteiger partial charge in [0.1, 0.15) is 0 Å². The number of ketones is 1. The van der Waals surface area contributed by atoms with Crippen molar-refractivity contribution in [3.63, 3.8) is 0 Å². The van der Waals surface area contributed by atoms with Crippen molar-refractivity contribution in [1.29, 1.82) is 0 Å². The smallest absolute Gasteiger partial charge is 0.270 e. The van der Waals surface area contributed by atoms with Crippen molar-refractivity contribution in [3.8, 4) is 0 Å². The Balaban J connectivity index is 1.67. The van der Waals surface area contributed by atoms with Crippen molar-refractivity contribution >= 4 is 29.7 Å². The quantitative estimate of drug-likeness (QED) is 0.188. The number of benzene rings is 3. The maximum atomic E-state index is 12.1. The fourth-order valence-electron chi connectivity index (χ4n) is 2.52. The van der Waals surface area contributed by atoms with Crippen molar-refractivity contribution in [2.24, 2.45) is 0 Å². The van der Waals surface area contributed by atoms with Crippen LogP contribution < -0.4 is 0 Å². The van der Waals surface area contributed by atoms with Crippen LogP contribution in [-0.4, -0.2) is 10.7 Å². The summed E-state index contributed by atoms with van der Waals surface area (Å²) in [6.45, 7) is 0. The highest BCUT2D eigenvalue weighted by atomic mass is 16.6. The summed E-state index contributed by atoms with van der Waals surface area (Å²) in [4.78, 5) is 22.5. The van der Waals surface area contributed by atoms with E-state index in [0.717, 1.165) is 16.7 Å². The summed E-state index contributed by atoms with van der Waals surface area (Å²) >= 11 is 0. The molecule has 0 unspecified atom stereocenters. The van der Waals surface area contributed by atoms with Crippen molar-refractivity contribution in [1.82, 2.24) is 0 Å². The van der Waals surface area contributed by atoms with Gasteiger partial charge in [-0.2, -0.15) is 0 Å². The average molecular weight is 355 g/mol. The van der Waals surface area contributed by atoms with E-state index in [1.165, 1.54) is 12.1 Å². The van der Waals surface area contributed by atoms with Gasteiger partial charge < -0.3 is 0 Å². The van der Waals surface area contributed by atoms with Gasteiger partial charge in [-0.3, -0.25) is 14.9 Å². The minimum Gasteiger partial charge on any atom is -0.289 e. The first-order valence-corrected chi connectivity index (χ1v) is 8.42. The van der Waals surface area contributed by atoms with Crippen LogP contribution in [0.2, 0.25) is 0 Å². The second kappa shape index (κ2) is 8.54. The standard InChI is InChI=1S/C23H17NO3/c25-23(21-6-2-1-3-7-21)16-15-19-11-9-18(10-12-19)13-14-20-5-4-8-22(17-20)24(26)27/h1-17H/b14-13+,16-15+. The molecule has 0 radical (unpaired) electrons. The Morgan fingerprint density at radius 3 is 2.04 bits per heavy atom. The third kappa shape index (κ3) is 5.09. The molecule has 0 amide bonds. The average Bonchev–Trinajstić information content (AvgIpc) is 2.72. The molecule has 0 aliphatic carbocycles. The van der Waals surface area contributed by atoms with Gasteiger partial charge in [-0.25, -0.2) is 0 Å². The van der Waals surface area contributed by atoms with E-state index < -0.39 is 4.92 Å². The van der Waals surface area contributed by atoms with Crippen LogP contribution in [0.5, 0.6) is 0 Å². The highest BCUT2D eigenvalue weighted by Gasteiger charge is 2.03. The number of carbonyl (C=O) groups excluding carboxylic acids is 1. The SMILES string of the molecule is O=C(/C=C/c1ccc(/C=C/c2cccc([N+](=O)[O-])c2)cc1)c1ccccc1. The lowest BCUT2D eigenvalue weighted by atomic mass is 10.1. The molecule has 0 spiro atoms. The van der Waals surface area contributed by atoms with E-state index >= 15 is 0 Å². The first-order chi connectivity index (χ1) is 13.1. The number of nitro groups is 1. The molecule has 0 aliphatic heterocycles. The first kappa shape index (κ1) is 18.0. The topological polar surface area (TPSA) is 60.2 Å². The third-order valence-electron chi connectivity index (χ3n) is 3.97. The molecule has 0 atom stereocenters. The lowest BCUT2D eigenvalue weighted by Crippen LogP contribution is -1.92. The number of nitrogens with zero attached hydrogens (tertiary/aromatic N) is 1. The Morgan fingerprint density at radius 2 is 1.37 bits per heavy atom. The summed E-state index contributed by atoms with van der Waals surface area (Å²) < 4.78 is 0. The Labute approximate surface area is 157 Å². The maximum absolute atomic E-state index is 12.1. The van der Waals surface area contributed by atoms with Crippen molar-refractivity contribution < 1.29 is 9.72 Å². The van der Waals surface area contributed by atoms with Crippen LogP contribution in [0.15, 0.2) is 84.9 Å². The van der Waals surface area contributed by atoms with Crippen molar-refractivity contribution in [3.05, 3.63) is 117 Å². The minimum atomic E-state index is -0.408. The van der Waals surface area contributed by atoms with E-state index in [4.69, 9.17) is 0 Å². The predicted molar refractivity (Wildman–Crippen MR) is 108 cm³/mol. The molecular formula is C23H17NO3. The van der Waals surface area contributed by atoms with E-state index in [2.05, 4.69) is 0 Å². The molecule has 0 heterocycles. The molecule has 0 aromatic heterocycles. The Morgan fingerprint density at radius 1 is 0.741 bits per heavy atom. The fraction of sp³-hybridized carbons (Fsp3) is 0. The Kier molecular flexibility index (Phi) is 5.70. The van der Waals surface area contributed by atoms with Gasteiger partial charge in [0.05, 0.1) is 4.92 Å². The molecule has 0 aliphatic rings. The molecule has 4 nitrogen and oxygen atoms in total. The van der Waals surface area contributed by atoms with E-state index in [0.29, 0.717) is 5.56 Å². The molecule has 4 heteroatoms. The van der Waals surface area contributed by atoms with Crippen LogP contribution >= 0.6 is 0 Å². The lowest BCUT2D eigenvalue weighted by molar-refractivity contribution is -0.384. The highest BCUT2D eigenvalue weighted by molar-refractivity contribution is 6.06. The van der Waals surface area contributed by atoms with Crippen LogP contribution in [0, 0.1) is 10.1 Å². The molecule has 0 N–H and O–H groups in total. The summed E-state index contributed by atoms with van der Waals surface area (Å²) in [6, 6.07) is 23.3. The molecule has 0 saturated heterocycles. The van der Waals surface area contributed by atoms with Crippen LogP contribution in [0.25, 0.3) is 18.2 Å². The highest BCUT2D eigenvalue weighted by Crippen LogP contribution is 2.16. The van der Waals surface area contributed by atoms with Gasteiger partial charge >= 0.3 is 0 Å². The predicted octanol–water partition coefficient (Wildman–Crippen LogP) is 5.66. The molecular weight excluding hydrogens is 338 g/mol. The van der Waals surface area contributed by atoms with E-state index in [-0.39, 0.29) is 11.5 Å². The van der Waals surface area contributed by atoms with E-state index in [1.807, 2.05) is 60.7 Å². The van der Waals surface area contributed by atoms with Crippen molar-refractivity contribution in [2.75, 3.05) is 0 Å². The van der Waals surface area contributed by atoms with Gasteiger partial charge in [0, 0.05) is 17.7 Å². The minimum absolute atomic E-state index is 0.0368. The summed E-state index contributed by atoms with van der Waals surface area (Å²) in [5.41, 5.74) is 3.38. The van der Waals surface area contributed by atoms with Gasteiger partial charge in [-0.05, 0) is 22.8 Å². The number of allylic oxidation sites excluding steroid dienone is 1. The zero-order valence-corrected chi connectivity index (χ0v) is 14.5. The molecule has 3 aromatic rings. The van der Waals surface area contributed by atoms with Gasteiger partial charge in [0.15, 0.2) is 5.78 Å². The first-order valence-electron chi connectivity index (χ1n) is 8.42. The summed E-state index contributed by atoms with van der Waals surface area (Å²) in [5.74, 6) is -0.0368. The number of hydrogen-bond donors (Lipinski definition) is 0. The molecule has 0 saturated carbocycles. The van der Waals surface area contributed by atoms with Gasteiger partial charge in [0.2, 0.25) is 0 Å². The monoisotopic (exact) mass is 355 g/mol. The lowest BCUT2D eigenvalue weighted by Gasteiger charge is -1.98. The van der Waals surface area contributed by atoms with Gasteiger partial charge in [-0.1, -0.05) is 85.0 Å². The zero-order valence-electron chi connectivity index (χ0n) is 14.5. The molecule has 3 rings (SSSR count). The van der Waals surface area contributed by atoms with Gasteiger partial charge in [0.25, 0.3) is 5.69 Å². The number of carbonyl (C=O) groups is 1. The Hall–Kier alpha value is -3.79. The molecule has 3 aromatic carbocycles. The van der Waals surface area contributed by atoms with Crippen LogP contribution in [0.1, 0.15) is 27.0 Å². The second-order valence-corrected chi connectivity index (χ2v) is 5.92. The van der Waals surface area contributed by atoms with Crippen LogP contribution in [-0.2, 0) is 0 Å². The van der Waals surface area contributed by atoms with E-state index in [1.54, 1.807) is 30.4 Å². The third-order valence-corrected chi connectivity index (χ3v) is 3.97. The number of non-ortho nitro benzene ring substituents is 1. The number of hydrogen-bond acceptors (Lipinski definition) is 3. The van der Waals surface area contributed by atoms with Crippen LogP contribution in [0.4, 0.5) is 5.69 Å². The molecule has 27 heavy (non-hydrogen) atoms. The van der Waals surface area contributed by atoms with Crippen LogP contribution in [0.3, 0.4) is 0 Å². The maximum Gasteiger partial charge on any atom is 0.270 e. The summed E-state index contributed by atoms with van der Waals surface area (Å²) in [7, 11) is 0. The number of rotatable bonds is 6. The zero-order chi connectivity index (χ0) is 19.1. The van der Waals surface area contributed by atoms with Gasteiger partial charge in [-0.15, -0.1) is 0 Å². The summed E-state index contributed by atoms with van der Waals surface area (Å²) in [5, 5.41) is 10.8. The molecule has 0 fully saturated rings. The van der Waals surface area contributed by atoms with Crippen molar-refractivity contribution in [2.45, 2.75) is 0 Å². The largest absolute Gasteiger partial charge is 0.289 e.